The standard InChI is InChI=1S/C9H16N2/c1-2-3-4-5-6-9-10-7-8-11-9/h2-3,7,9,11H,4-6,8H2,1H3/b3-2+. The van der Waals surface area contributed by atoms with Crippen molar-refractivity contribution < 1.29 is 0 Å². The minimum Gasteiger partial charge on any atom is -0.291 e. The molecule has 0 aromatic rings. The van der Waals surface area contributed by atoms with Crippen LogP contribution in [0.15, 0.2) is 17.1 Å². The zero-order valence-electron chi connectivity index (χ0n) is 7.09. The zero-order valence-corrected chi connectivity index (χ0v) is 7.09. The van der Waals surface area contributed by atoms with E-state index in [4.69, 9.17) is 0 Å². The smallest absolute Gasteiger partial charge is 0.0993 e. The quantitative estimate of drug-likeness (QED) is 0.481. The van der Waals surface area contributed by atoms with Gasteiger partial charge in [-0.25, -0.2) is 0 Å². The van der Waals surface area contributed by atoms with Crippen molar-refractivity contribution in [3.05, 3.63) is 12.2 Å². The molecule has 1 atom stereocenters. The molecular weight excluding hydrogens is 136 g/mol. The highest BCUT2D eigenvalue weighted by Crippen LogP contribution is 2.04. The van der Waals surface area contributed by atoms with Crippen molar-refractivity contribution in [1.82, 2.24) is 5.32 Å². The summed E-state index contributed by atoms with van der Waals surface area (Å²) in [6, 6.07) is 0. The Morgan fingerprint density at radius 1 is 1.73 bits per heavy atom. The highest BCUT2D eigenvalue weighted by atomic mass is 15.1. The summed E-state index contributed by atoms with van der Waals surface area (Å²) in [6.45, 7) is 3.01. The Hall–Kier alpha value is -0.630. The SMILES string of the molecule is C/C=C/CCCC1N=CCN1. The van der Waals surface area contributed by atoms with Crippen molar-refractivity contribution in [1.29, 1.82) is 0 Å². The van der Waals surface area contributed by atoms with Crippen LogP contribution in [0.3, 0.4) is 0 Å². The molecule has 1 aliphatic heterocycles. The largest absolute Gasteiger partial charge is 0.291 e. The Kier molecular flexibility index (Phi) is 3.91. The van der Waals surface area contributed by atoms with Gasteiger partial charge in [0.1, 0.15) is 0 Å². The second-order valence-corrected chi connectivity index (χ2v) is 2.76. The molecule has 0 aliphatic carbocycles. The van der Waals surface area contributed by atoms with Crippen molar-refractivity contribution >= 4 is 6.21 Å². The lowest BCUT2D eigenvalue weighted by Gasteiger charge is -2.05. The van der Waals surface area contributed by atoms with Gasteiger partial charge in [0, 0.05) is 12.8 Å². The van der Waals surface area contributed by atoms with Crippen molar-refractivity contribution in [3.8, 4) is 0 Å². The summed E-state index contributed by atoms with van der Waals surface area (Å²) < 4.78 is 0. The zero-order chi connectivity index (χ0) is 7.94. The summed E-state index contributed by atoms with van der Waals surface area (Å²) >= 11 is 0. The number of nitrogens with one attached hydrogen (secondary N) is 1. The first-order valence-electron chi connectivity index (χ1n) is 4.29. The molecule has 11 heavy (non-hydrogen) atoms. The summed E-state index contributed by atoms with van der Waals surface area (Å²) in [5, 5.41) is 3.29. The molecule has 0 fully saturated rings. The molecule has 1 N–H and O–H groups in total. The van der Waals surface area contributed by atoms with Crippen molar-refractivity contribution in [2.45, 2.75) is 32.4 Å². The topological polar surface area (TPSA) is 24.4 Å². The molecular formula is C9H16N2. The van der Waals surface area contributed by atoms with Crippen molar-refractivity contribution in [3.63, 3.8) is 0 Å². The number of unbranched alkanes of at least 4 members (excludes halogenated alkanes) is 1. The third kappa shape index (κ3) is 3.33. The summed E-state index contributed by atoms with van der Waals surface area (Å²) in [6.07, 6.45) is 10.3. The van der Waals surface area contributed by atoms with Crippen LogP contribution in [0.5, 0.6) is 0 Å². The Morgan fingerprint density at radius 3 is 3.27 bits per heavy atom. The first-order chi connectivity index (χ1) is 5.43. The van der Waals surface area contributed by atoms with Crippen LogP contribution in [0.4, 0.5) is 0 Å². The van der Waals surface area contributed by atoms with Gasteiger partial charge in [-0.1, -0.05) is 12.2 Å². The van der Waals surface area contributed by atoms with Crippen molar-refractivity contribution in [2.24, 2.45) is 4.99 Å². The highest BCUT2D eigenvalue weighted by molar-refractivity contribution is 5.61. The van der Waals surface area contributed by atoms with Crippen LogP contribution < -0.4 is 5.32 Å². The molecule has 0 saturated carbocycles. The second-order valence-electron chi connectivity index (χ2n) is 2.76. The van der Waals surface area contributed by atoms with Crippen LogP contribution in [-0.4, -0.2) is 18.9 Å². The van der Waals surface area contributed by atoms with Gasteiger partial charge in [0.15, 0.2) is 0 Å². The van der Waals surface area contributed by atoms with Crippen LogP contribution in [-0.2, 0) is 0 Å². The van der Waals surface area contributed by atoms with E-state index in [0.717, 1.165) is 6.54 Å². The minimum absolute atomic E-state index is 0.403. The Morgan fingerprint density at radius 2 is 2.64 bits per heavy atom. The summed E-state index contributed by atoms with van der Waals surface area (Å²) in [4.78, 5) is 4.27. The first kappa shape index (κ1) is 8.47. The predicted octanol–water partition coefficient (Wildman–Crippen LogP) is 1.73. The molecule has 1 aliphatic rings. The molecule has 2 nitrogen and oxygen atoms in total. The Bertz CT molecular complexity index is 150. The van der Waals surface area contributed by atoms with E-state index in [1.807, 2.05) is 6.21 Å². The first-order valence-corrected chi connectivity index (χ1v) is 4.29. The van der Waals surface area contributed by atoms with E-state index >= 15 is 0 Å². The third-order valence-electron chi connectivity index (χ3n) is 1.81. The molecule has 62 valence electrons. The number of hydrogen-bond acceptors (Lipinski definition) is 2. The molecule has 1 unspecified atom stereocenters. The van der Waals surface area contributed by atoms with E-state index in [2.05, 4.69) is 29.4 Å². The predicted molar refractivity (Wildman–Crippen MR) is 48.9 cm³/mol. The maximum atomic E-state index is 4.27. The van der Waals surface area contributed by atoms with E-state index in [9.17, 15) is 0 Å². The summed E-state index contributed by atoms with van der Waals surface area (Å²) in [5.41, 5.74) is 0. The van der Waals surface area contributed by atoms with Crippen LogP contribution in [0.25, 0.3) is 0 Å². The lowest BCUT2D eigenvalue weighted by molar-refractivity contribution is 0.539. The molecule has 2 heteroatoms. The molecule has 1 heterocycles. The van der Waals surface area contributed by atoms with Gasteiger partial charge in [0.05, 0.1) is 6.17 Å². The molecule has 0 amide bonds. The van der Waals surface area contributed by atoms with Crippen LogP contribution in [0.1, 0.15) is 26.2 Å². The monoisotopic (exact) mass is 152 g/mol. The molecule has 0 radical (unpaired) electrons. The van der Waals surface area contributed by atoms with Gasteiger partial charge < -0.3 is 0 Å². The number of nitrogens with zero attached hydrogens (tertiary/aromatic N) is 1. The van der Waals surface area contributed by atoms with Crippen LogP contribution in [0, 0.1) is 0 Å². The average molecular weight is 152 g/mol. The fraction of sp³-hybridized carbons (Fsp3) is 0.667. The fourth-order valence-electron chi connectivity index (χ4n) is 1.19. The highest BCUT2D eigenvalue weighted by Gasteiger charge is 2.06. The maximum absolute atomic E-state index is 4.27. The third-order valence-corrected chi connectivity index (χ3v) is 1.81. The second kappa shape index (κ2) is 5.08. The van der Waals surface area contributed by atoms with E-state index in [0.29, 0.717) is 6.17 Å². The minimum atomic E-state index is 0.403. The van der Waals surface area contributed by atoms with Gasteiger partial charge in [0.25, 0.3) is 0 Å². The van der Waals surface area contributed by atoms with E-state index in [1.54, 1.807) is 0 Å². The van der Waals surface area contributed by atoms with E-state index in [-0.39, 0.29) is 0 Å². The molecule has 1 rings (SSSR count). The normalized spacial score (nSPS) is 23.5. The summed E-state index contributed by atoms with van der Waals surface area (Å²) in [7, 11) is 0. The summed E-state index contributed by atoms with van der Waals surface area (Å²) in [5.74, 6) is 0. The fourth-order valence-corrected chi connectivity index (χ4v) is 1.19. The average Bonchev–Trinajstić information content (AvgIpc) is 2.50. The van der Waals surface area contributed by atoms with Crippen molar-refractivity contribution in [2.75, 3.05) is 6.54 Å². The van der Waals surface area contributed by atoms with Crippen LogP contribution in [0.2, 0.25) is 0 Å². The molecule has 0 saturated heterocycles. The number of allylic oxidation sites excluding steroid dienone is 2. The lowest BCUT2D eigenvalue weighted by Crippen LogP contribution is -2.21. The molecule has 0 spiro atoms. The Balaban J connectivity index is 1.98. The molecule has 0 aromatic heterocycles. The van der Waals surface area contributed by atoms with E-state index in [1.165, 1.54) is 19.3 Å². The van der Waals surface area contributed by atoms with Gasteiger partial charge in [-0.15, -0.1) is 0 Å². The van der Waals surface area contributed by atoms with Gasteiger partial charge in [-0.05, 0) is 26.2 Å². The number of aliphatic imine (C=N–C) groups is 1. The van der Waals surface area contributed by atoms with Gasteiger partial charge in [-0.3, -0.25) is 10.3 Å². The van der Waals surface area contributed by atoms with Gasteiger partial charge in [0.2, 0.25) is 0 Å². The molecule has 0 bridgehead atoms. The van der Waals surface area contributed by atoms with Crippen LogP contribution >= 0.6 is 0 Å². The number of rotatable bonds is 4. The van der Waals surface area contributed by atoms with Gasteiger partial charge in [-0.2, -0.15) is 0 Å². The lowest BCUT2D eigenvalue weighted by atomic mass is 10.2. The Labute approximate surface area is 68.4 Å². The molecule has 0 aromatic carbocycles. The number of hydrogen-bond donors (Lipinski definition) is 1. The maximum Gasteiger partial charge on any atom is 0.0993 e. The van der Waals surface area contributed by atoms with E-state index < -0.39 is 0 Å². The van der Waals surface area contributed by atoms with Gasteiger partial charge >= 0.3 is 0 Å².